The van der Waals surface area contributed by atoms with Gasteiger partial charge in [-0.15, -0.1) is 0 Å². The molecule has 0 amide bonds. The standard InChI is InChI=1S/C10H5BrFNO/c11-6-2-7-9(14)1-5(4-13)10(7)8(12)3-6/h2-3,5H,1H2/t5-/m1/s1. The molecule has 1 aromatic carbocycles. The van der Waals surface area contributed by atoms with Crippen LogP contribution >= 0.6 is 15.9 Å². The molecule has 1 atom stereocenters. The highest BCUT2D eigenvalue weighted by Gasteiger charge is 2.32. The topological polar surface area (TPSA) is 40.9 Å². The molecular weight excluding hydrogens is 249 g/mol. The number of carbonyl (C=O) groups is 1. The molecule has 2 rings (SSSR count). The van der Waals surface area contributed by atoms with E-state index >= 15 is 0 Å². The van der Waals surface area contributed by atoms with Crippen LogP contribution in [-0.2, 0) is 0 Å². The Morgan fingerprint density at radius 3 is 2.93 bits per heavy atom. The summed E-state index contributed by atoms with van der Waals surface area (Å²) in [5.41, 5.74) is 0.587. The molecule has 0 aromatic heterocycles. The van der Waals surface area contributed by atoms with E-state index in [9.17, 15) is 9.18 Å². The van der Waals surface area contributed by atoms with E-state index in [-0.39, 0.29) is 17.8 Å². The molecule has 0 fully saturated rings. The highest BCUT2D eigenvalue weighted by molar-refractivity contribution is 9.10. The van der Waals surface area contributed by atoms with Gasteiger partial charge in [0.25, 0.3) is 0 Å². The maximum atomic E-state index is 13.4. The predicted molar refractivity (Wildman–Crippen MR) is 51.4 cm³/mol. The molecule has 0 N–H and O–H groups in total. The van der Waals surface area contributed by atoms with E-state index in [1.54, 1.807) is 6.07 Å². The van der Waals surface area contributed by atoms with E-state index in [4.69, 9.17) is 5.26 Å². The van der Waals surface area contributed by atoms with Crippen molar-refractivity contribution >= 4 is 21.7 Å². The predicted octanol–water partition coefficient (Wildman–Crippen LogP) is 2.78. The Kier molecular flexibility index (Phi) is 2.12. The van der Waals surface area contributed by atoms with Gasteiger partial charge < -0.3 is 0 Å². The van der Waals surface area contributed by atoms with Gasteiger partial charge in [0.15, 0.2) is 5.78 Å². The molecule has 0 bridgehead atoms. The first-order chi connectivity index (χ1) is 6.63. The fraction of sp³-hybridized carbons (Fsp3) is 0.200. The lowest BCUT2D eigenvalue weighted by atomic mass is 10.0. The van der Waals surface area contributed by atoms with Crippen molar-refractivity contribution in [3.8, 4) is 6.07 Å². The Labute approximate surface area is 88.5 Å². The number of ketones is 1. The van der Waals surface area contributed by atoms with Gasteiger partial charge in [-0.05, 0) is 12.1 Å². The number of nitriles is 1. The lowest BCUT2D eigenvalue weighted by molar-refractivity contribution is 0.0992. The summed E-state index contributed by atoms with van der Waals surface area (Å²) in [6, 6.07) is 4.78. The Bertz CT molecular complexity index is 464. The summed E-state index contributed by atoms with van der Waals surface area (Å²) in [4.78, 5) is 11.4. The van der Waals surface area contributed by atoms with Crippen LogP contribution in [0.4, 0.5) is 4.39 Å². The molecule has 0 saturated heterocycles. The van der Waals surface area contributed by atoms with E-state index in [1.807, 2.05) is 6.07 Å². The van der Waals surface area contributed by atoms with Crippen molar-refractivity contribution in [1.29, 1.82) is 5.26 Å². The Balaban J connectivity index is 2.69. The quantitative estimate of drug-likeness (QED) is 0.714. The molecule has 0 spiro atoms. The number of fused-ring (bicyclic) bond motifs is 1. The van der Waals surface area contributed by atoms with Gasteiger partial charge in [0.1, 0.15) is 5.82 Å². The minimum atomic E-state index is -0.620. The third-order valence-corrected chi connectivity index (χ3v) is 2.75. The smallest absolute Gasteiger partial charge is 0.164 e. The van der Waals surface area contributed by atoms with Gasteiger partial charge in [-0.25, -0.2) is 4.39 Å². The molecule has 2 nitrogen and oxygen atoms in total. The van der Waals surface area contributed by atoms with Crippen molar-refractivity contribution in [1.82, 2.24) is 0 Å². The molecule has 1 aliphatic rings. The minimum absolute atomic E-state index is 0.0964. The molecule has 0 unspecified atom stereocenters. The van der Waals surface area contributed by atoms with Crippen LogP contribution in [-0.4, -0.2) is 5.78 Å². The number of nitrogens with zero attached hydrogens (tertiary/aromatic N) is 1. The zero-order chi connectivity index (χ0) is 10.3. The van der Waals surface area contributed by atoms with Crippen molar-refractivity contribution in [2.45, 2.75) is 12.3 Å². The van der Waals surface area contributed by atoms with Gasteiger partial charge in [0.2, 0.25) is 0 Å². The van der Waals surface area contributed by atoms with Crippen molar-refractivity contribution in [2.75, 3.05) is 0 Å². The lowest BCUT2D eigenvalue weighted by Gasteiger charge is -2.02. The monoisotopic (exact) mass is 253 g/mol. The molecule has 14 heavy (non-hydrogen) atoms. The molecular formula is C10H5BrFNO. The van der Waals surface area contributed by atoms with Crippen LogP contribution in [0, 0.1) is 17.1 Å². The van der Waals surface area contributed by atoms with E-state index in [0.717, 1.165) is 0 Å². The van der Waals surface area contributed by atoms with Crippen LogP contribution in [0.2, 0.25) is 0 Å². The molecule has 1 aromatic rings. The first kappa shape index (κ1) is 9.35. The Morgan fingerprint density at radius 2 is 2.29 bits per heavy atom. The molecule has 70 valence electrons. The number of hydrogen-bond donors (Lipinski definition) is 0. The fourth-order valence-corrected chi connectivity index (χ4v) is 2.11. The van der Waals surface area contributed by atoms with Gasteiger partial charge in [0.05, 0.1) is 12.0 Å². The Morgan fingerprint density at radius 1 is 1.57 bits per heavy atom. The van der Waals surface area contributed by atoms with Crippen LogP contribution < -0.4 is 0 Å². The third kappa shape index (κ3) is 1.25. The maximum Gasteiger partial charge on any atom is 0.164 e. The van der Waals surface area contributed by atoms with Crippen molar-refractivity contribution < 1.29 is 9.18 Å². The SMILES string of the molecule is N#C[C@H]1CC(=O)c2cc(Br)cc(F)c21. The average Bonchev–Trinajstić information content (AvgIpc) is 2.43. The zero-order valence-electron chi connectivity index (χ0n) is 7.05. The third-order valence-electron chi connectivity index (χ3n) is 2.29. The summed E-state index contributed by atoms with van der Waals surface area (Å²) in [5, 5.41) is 8.74. The van der Waals surface area contributed by atoms with Gasteiger partial charge in [0, 0.05) is 22.0 Å². The normalized spacial score (nSPS) is 19.2. The van der Waals surface area contributed by atoms with E-state index in [2.05, 4.69) is 15.9 Å². The van der Waals surface area contributed by atoms with Gasteiger partial charge in [-0.2, -0.15) is 5.26 Å². The first-order valence-corrected chi connectivity index (χ1v) is 4.84. The number of rotatable bonds is 0. The molecule has 0 aliphatic heterocycles. The average molecular weight is 254 g/mol. The molecule has 1 aliphatic carbocycles. The van der Waals surface area contributed by atoms with Gasteiger partial charge >= 0.3 is 0 Å². The lowest BCUT2D eigenvalue weighted by Crippen LogP contribution is -1.94. The van der Waals surface area contributed by atoms with Crippen molar-refractivity contribution in [3.63, 3.8) is 0 Å². The van der Waals surface area contributed by atoms with Gasteiger partial charge in [-0.3, -0.25) is 4.79 Å². The van der Waals surface area contributed by atoms with Crippen LogP contribution in [0.1, 0.15) is 28.3 Å². The highest BCUT2D eigenvalue weighted by atomic mass is 79.9. The number of Topliss-reactive ketones (excluding diaryl/α,β-unsaturated/α-hetero) is 1. The maximum absolute atomic E-state index is 13.4. The summed E-state index contributed by atoms with van der Waals surface area (Å²) < 4.78 is 14.0. The largest absolute Gasteiger partial charge is 0.294 e. The van der Waals surface area contributed by atoms with E-state index in [1.165, 1.54) is 6.07 Å². The van der Waals surface area contributed by atoms with Gasteiger partial charge in [-0.1, -0.05) is 15.9 Å². The fourth-order valence-electron chi connectivity index (χ4n) is 1.68. The highest BCUT2D eigenvalue weighted by Crippen LogP contribution is 2.36. The second-order valence-electron chi connectivity index (χ2n) is 3.16. The van der Waals surface area contributed by atoms with Crippen LogP contribution in [0.5, 0.6) is 0 Å². The minimum Gasteiger partial charge on any atom is -0.294 e. The van der Waals surface area contributed by atoms with Crippen LogP contribution in [0.3, 0.4) is 0 Å². The summed E-state index contributed by atoms with van der Waals surface area (Å²) in [5.74, 6) is -1.26. The molecule has 4 heteroatoms. The van der Waals surface area contributed by atoms with E-state index in [0.29, 0.717) is 10.0 Å². The summed E-state index contributed by atoms with van der Waals surface area (Å²) in [6.07, 6.45) is 0.0964. The number of carbonyl (C=O) groups excluding carboxylic acids is 1. The summed E-state index contributed by atoms with van der Waals surface area (Å²) in [6.45, 7) is 0. The summed E-state index contributed by atoms with van der Waals surface area (Å²) in [7, 11) is 0. The van der Waals surface area contributed by atoms with Crippen LogP contribution in [0.25, 0.3) is 0 Å². The second-order valence-corrected chi connectivity index (χ2v) is 4.07. The van der Waals surface area contributed by atoms with Crippen molar-refractivity contribution in [2.24, 2.45) is 0 Å². The molecule has 0 saturated carbocycles. The number of benzene rings is 1. The van der Waals surface area contributed by atoms with Crippen LogP contribution in [0.15, 0.2) is 16.6 Å². The Hall–Kier alpha value is -1.21. The summed E-state index contributed by atoms with van der Waals surface area (Å²) >= 11 is 3.11. The number of halogens is 2. The zero-order valence-corrected chi connectivity index (χ0v) is 8.64. The molecule has 0 radical (unpaired) electrons. The second kappa shape index (κ2) is 3.18. The van der Waals surface area contributed by atoms with E-state index < -0.39 is 11.7 Å². The molecule has 0 heterocycles. The first-order valence-electron chi connectivity index (χ1n) is 4.05. The van der Waals surface area contributed by atoms with Crippen molar-refractivity contribution in [3.05, 3.63) is 33.5 Å². The number of hydrogen-bond acceptors (Lipinski definition) is 2.